The van der Waals surface area contributed by atoms with Gasteiger partial charge in [0.15, 0.2) is 0 Å². The van der Waals surface area contributed by atoms with Crippen molar-refractivity contribution in [3.8, 4) is 0 Å². The summed E-state index contributed by atoms with van der Waals surface area (Å²) in [5.74, 6) is -0.220. The number of hydrogen-bond acceptors (Lipinski definition) is 3. The third-order valence-electron chi connectivity index (χ3n) is 3.28. The molecule has 0 saturated carbocycles. The summed E-state index contributed by atoms with van der Waals surface area (Å²) in [6, 6.07) is 6.48. The van der Waals surface area contributed by atoms with E-state index in [0.29, 0.717) is 6.54 Å². The standard InChI is InChI=1S/C14H20FN3O/c1-10(9-17(2)3)18-13(19)8-16-14(18)11-5-4-6-12(15)7-11/h4-7,10,14,16H,8-9H2,1-3H3. The zero-order valence-corrected chi connectivity index (χ0v) is 11.6. The number of likely N-dealkylation sites (N-methyl/N-ethyl adjacent to an activating group) is 1. The molecule has 1 aromatic carbocycles. The Morgan fingerprint density at radius 2 is 2.26 bits per heavy atom. The predicted molar refractivity (Wildman–Crippen MR) is 72.0 cm³/mol. The molecule has 104 valence electrons. The first-order valence-corrected chi connectivity index (χ1v) is 6.44. The fourth-order valence-corrected chi connectivity index (χ4v) is 2.59. The maximum absolute atomic E-state index is 13.3. The molecule has 2 unspecified atom stereocenters. The number of benzene rings is 1. The third-order valence-corrected chi connectivity index (χ3v) is 3.28. The molecule has 1 saturated heterocycles. The summed E-state index contributed by atoms with van der Waals surface area (Å²) in [6.45, 7) is 3.09. The normalized spacial score (nSPS) is 21.2. The van der Waals surface area contributed by atoms with Gasteiger partial charge in [0, 0.05) is 12.6 Å². The van der Waals surface area contributed by atoms with E-state index in [1.54, 1.807) is 11.0 Å². The van der Waals surface area contributed by atoms with Gasteiger partial charge in [-0.05, 0) is 38.7 Å². The number of hydrogen-bond donors (Lipinski definition) is 1. The number of nitrogens with one attached hydrogen (secondary N) is 1. The Balaban J connectivity index is 2.22. The van der Waals surface area contributed by atoms with Crippen LogP contribution in [0.1, 0.15) is 18.7 Å². The van der Waals surface area contributed by atoms with E-state index >= 15 is 0 Å². The summed E-state index contributed by atoms with van der Waals surface area (Å²) in [5, 5.41) is 3.15. The van der Waals surface area contributed by atoms with Crippen molar-refractivity contribution in [3.05, 3.63) is 35.6 Å². The maximum atomic E-state index is 13.3. The number of nitrogens with zero attached hydrogens (tertiary/aromatic N) is 2. The van der Waals surface area contributed by atoms with Crippen LogP contribution in [0.2, 0.25) is 0 Å². The molecular weight excluding hydrogens is 245 g/mol. The Hall–Kier alpha value is -1.46. The number of halogens is 1. The Labute approximate surface area is 113 Å². The molecule has 0 bridgehead atoms. The van der Waals surface area contributed by atoms with Crippen LogP contribution in [0.15, 0.2) is 24.3 Å². The van der Waals surface area contributed by atoms with Crippen molar-refractivity contribution in [2.45, 2.75) is 19.1 Å². The highest BCUT2D eigenvalue weighted by Crippen LogP contribution is 2.25. The molecule has 19 heavy (non-hydrogen) atoms. The van der Waals surface area contributed by atoms with Crippen LogP contribution >= 0.6 is 0 Å². The molecule has 1 N–H and O–H groups in total. The highest BCUT2D eigenvalue weighted by Gasteiger charge is 2.35. The minimum absolute atomic E-state index is 0.0589. The summed E-state index contributed by atoms with van der Waals surface area (Å²) in [6.07, 6.45) is -0.238. The molecule has 1 fully saturated rings. The van der Waals surface area contributed by atoms with Crippen LogP contribution in [0.5, 0.6) is 0 Å². The minimum atomic E-state index is -0.279. The number of carbonyl (C=O) groups is 1. The van der Waals surface area contributed by atoms with Gasteiger partial charge in [0.2, 0.25) is 5.91 Å². The second kappa shape index (κ2) is 5.67. The highest BCUT2D eigenvalue weighted by atomic mass is 19.1. The van der Waals surface area contributed by atoms with Crippen LogP contribution in [0.25, 0.3) is 0 Å². The van der Waals surface area contributed by atoms with E-state index in [-0.39, 0.29) is 23.9 Å². The van der Waals surface area contributed by atoms with E-state index in [9.17, 15) is 9.18 Å². The Kier molecular flexibility index (Phi) is 4.17. The lowest BCUT2D eigenvalue weighted by atomic mass is 10.1. The summed E-state index contributed by atoms with van der Waals surface area (Å²) in [4.78, 5) is 15.9. The Morgan fingerprint density at radius 3 is 2.89 bits per heavy atom. The van der Waals surface area contributed by atoms with E-state index in [0.717, 1.165) is 12.1 Å². The molecule has 4 nitrogen and oxygen atoms in total. The monoisotopic (exact) mass is 265 g/mol. The summed E-state index contributed by atoms with van der Waals surface area (Å²) < 4.78 is 13.3. The van der Waals surface area contributed by atoms with Crippen molar-refractivity contribution in [3.63, 3.8) is 0 Å². The van der Waals surface area contributed by atoms with E-state index in [4.69, 9.17) is 0 Å². The van der Waals surface area contributed by atoms with E-state index in [2.05, 4.69) is 5.32 Å². The van der Waals surface area contributed by atoms with Crippen molar-refractivity contribution in [2.75, 3.05) is 27.2 Å². The zero-order chi connectivity index (χ0) is 14.0. The molecule has 1 aromatic rings. The molecule has 0 aliphatic carbocycles. The van der Waals surface area contributed by atoms with Crippen molar-refractivity contribution < 1.29 is 9.18 Å². The molecule has 0 radical (unpaired) electrons. The quantitative estimate of drug-likeness (QED) is 0.888. The van der Waals surface area contributed by atoms with E-state index in [1.807, 2.05) is 32.0 Å². The van der Waals surface area contributed by atoms with Crippen molar-refractivity contribution in [1.82, 2.24) is 15.1 Å². The van der Waals surface area contributed by atoms with Gasteiger partial charge in [0.25, 0.3) is 0 Å². The first-order valence-electron chi connectivity index (χ1n) is 6.44. The van der Waals surface area contributed by atoms with Gasteiger partial charge in [-0.2, -0.15) is 0 Å². The van der Waals surface area contributed by atoms with Crippen LogP contribution in [0, 0.1) is 5.82 Å². The molecule has 2 atom stereocenters. The largest absolute Gasteiger partial charge is 0.318 e. The van der Waals surface area contributed by atoms with Gasteiger partial charge in [-0.15, -0.1) is 0 Å². The fraction of sp³-hybridized carbons (Fsp3) is 0.500. The van der Waals surface area contributed by atoms with Gasteiger partial charge in [-0.25, -0.2) is 4.39 Å². The van der Waals surface area contributed by atoms with E-state index < -0.39 is 0 Å². The molecule has 1 aliphatic rings. The van der Waals surface area contributed by atoms with Crippen molar-refractivity contribution in [1.29, 1.82) is 0 Å². The van der Waals surface area contributed by atoms with Crippen LogP contribution < -0.4 is 5.32 Å². The smallest absolute Gasteiger partial charge is 0.238 e. The van der Waals surface area contributed by atoms with Crippen LogP contribution in [0.3, 0.4) is 0 Å². The average Bonchev–Trinajstić information content (AvgIpc) is 2.70. The van der Waals surface area contributed by atoms with Gasteiger partial charge in [0.1, 0.15) is 12.0 Å². The fourth-order valence-electron chi connectivity index (χ4n) is 2.59. The molecule has 1 heterocycles. The van der Waals surface area contributed by atoms with Gasteiger partial charge in [0.05, 0.1) is 6.54 Å². The number of rotatable bonds is 4. The van der Waals surface area contributed by atoms with Gasteiger partial charge >= 0.3 is 0 Å². The molecule has 0 spiro atoms. The average molecular weight is 265 g/mol. The Morgan fingerprint density at radius 1 is 1.53 bits per heavy atom. The lowest BCUT2D eigenvalue weighted by Crippen LogP contribution is -2.43. The van der Waals surface area contributed by atoms with Crippen LogP contribution in [-0.4, -0.2) is 48.9 Å². The van der Waals surface area contributed by atoms with E-state index in [1.165, 1.54) is 12.1 Å². The SMILES string of the molecule is CC(CN(C)C)N1C(=O)CNC1c1cccc(F)c1. The molecule has 0 aromatic heterocycles. The summed E-state index contributed by atoms with van der Waals surface area (Å²) in [5.41, 5.74) is 0.788. The summed E-state index contributed by atoms with van der Waals surface area (Å²) in [7, 11) is 3.95. The summed E-state index contributed by atoms with van der Waals surface area (Å²) >= 11 is 0. The second-order valence-electron chi connectivity index (χ2n) is 5.25. The predicted octanol–water partition coefficient (Wildman–Crippen LogP) is 1.21. The lowest BCUT2D eigenvalue weighted by molar-refractivity contribution is -0.130. The zero-order valence-electron chi connectivity index (χ0n) is 11.6. The number of amides is 1. The van der Waals surface area contributed by atoms with Gasteiger partial charge < -0.3 is 9.80 Å². The first-order chi connectivity index (χ1) is 8.99. The maximum Gasteiger partial charge on any atom is 0.238 e. The van der Waals surface area contributed by atoms with Gasteiger partial charge in [-0.1, -0.05) is 12.1 Å². The molecule has 1 amide bonds. The Bertz CT molecular complexity index is 464. The second-order valence-corrected chi connectivity index (χ2v) is 5.25. The number of carbonyl (C=O) groups excluding carboxylic acids is 1. The van der Waals surface area contributed by atoms with Crippen LogP contribution in [0.4, 0.5) is 4.39 Å². The first kappa shape index (κ1) is 14.0. The lowest BCUT2D eigenvalue weighted by Gasteiger charge is -2.32. The minimum Gasteiger partial charge on any atom is -0.318 e. The molecular formula is C14H20FN3O. The van der Waals surface area contributed by atoms with Gasteiger partial charge in [-0.3, -0.25) is 10.1 Å². The topological polar surface area (TPSA) is 35.6 Å². The molecule has 2 rings (SSSR count). The third kappa shape index (κ3) is 3.11. The van der Waals surface area contributed by atoms with Crippen LogP contribution in [-0.2, 0) is 4.79 Å². The molecule has 1 aliphatic heterocycles. The van der Waals surface area contributed by atoms with Crippen molar-refractivity contribution in [2.24, 2.45) is 0 Å². The molecule has 5 heteroatoms. The highest BCUT2D eigenvalue weighted by molar-refractivity contribution is 5.81. The van der Waals surface area contributed by atoms with Crippen molar-refractivity contribution >= 4 is 5.91 Å².